The van der Waals surface area contributed by atoms with E-state index in [4.69, 9.17) is 16.1 Å². The lowest BCUT2D eigenvalue weighted by Crippen LogP contribution is -2.13. The molecule has 0 aliphatic rings. The molecule has 0 N–H and O–H groups in total. The second-order valence-corrected chi connectivity index (χ2v) is 3.82. The summed E-state index contributed by atoms with van der Waals surface area (Å²) in [6, 6.07) is 1.93. The fourth-order valence-electron chi connectivity index (χ4n) is 0.868. The van der Waals surface area contributed by atoms with Gasteiger partial charge in [0.05, 0.1) is 11.6 Å². The Hall–Kier alpha value is -0.500. The minimum absolute atomic E-state index is 0.0668. The van der Waals surface area contributed by atoms with Gasteiger partial charge in [-0.15, -0.1) is 11.6 Å². The van der Waals surface area contributed by atoms with E-state index >= 15 is 0 Å². The van der Waals surface area contributed by atoms with Gasteiger partial charge in [-0.3, -0.25) is 0 Å². The molecule has 0 fully saturated rings. The SMILES string of the molecule is CCC(C)(C)c1cc(CCl)no1. The van der Waals surface area contributed by atoms with Gasteiger partial charge in [-0.2, -0.15) is 0 Å². The average Bonchev–Trinajstić information content (AvgIpc) is 2.52. The zero-order valence-electron chi connectivity index (χ0n) is 7.72. The molecule has 0 saturated carbocycles. The van der Waals surface area contributed by atoms with Crippen LogP contribution in [0.4, 0.5) is 0 Å². The van der Waals surface area contributed by atoms with Crippen LogP contribution in [0.5, 0.6) is 0 Å². The van der Waals surface area contributed by atoms with E-state index < -0.39 is 0 Å². The van der Waals surface area contributed by atoms with E-state index in [1.165, 1.54) is 0 Å². The van der Waals surface area contributed by atoms with Crippen LogP contribution in [0.1, 0.15) is 38.6 Å². The molecule has 0 bridgehead atoms. The van der Waals surface area contributed by atoms with Gasteiger partial charge >= 0.3 is 0 Å². The first-order valence-corrected chi connectivity index (χ1v) is 4.65. The summed E-state index contributed by atoms with van der Waals surface area (Å²) in [5, 5.41) is 3.84. The van der Waals surface area contributed by atoms with Crippen LogP contribution < -0.4 is 0 Å². The molecule has 1 rings (SSSR count). The van der Waals surface area contributed by atoms with Crippen LogP contribution in [0.25, 0.3) is 0 Å². The van der Waals surface area contributed by atoms with E-state index in [-0.39, 0.29) is 5.41 Å². The van der Waals surface area contributed by atoms with Gasteiger partial charge in [0.2, 0.25) is 0 Å². The number of rotatable bonds is 3. The highest BCUT2D eigenvalue weighted by molar-refractivity contribution is 6.16. The van der Waals surface area contributed by atoms with E-state index in [1.54, 1.807) is 0 Å². The number of halogens is 1. The van der Waals surface area contributed by atoms with E-state index in [1.807, 2.05) is 6.07 Å². The Labute approximate surface area is 77.9 Å². The lowest BCUT2D eigenvalue weighted by Gasteiger charge is -2.17. The number of nitrogens with zero attached hydrogens (tertiary/aromatic N) is 1. The molecule has 0 atom stereocenters. The number of hydrogen-bond acceptors (Lipinski definition) is 2. The van der Waals surface area contributed by atoms with Gasteiger partial charge in [0, 0.05) is 11.5 Å². The highest BCUT2D eigenvalue weighted by atomic mass is 35.5. The standard InChI is InChI=1S/C9H14ClNO/c1-4-9(2,3)8-5-7(6-10)11-12-8/h5H,4,6H2,1-3H3. The summed E-state index contributed by atoms with van der Waals surface area (Å²) in [5.41, 5.74) is 0.880. The molecule has 1 aromatic rings. The number of aromatic nitrogens is 1. The third-order valence-corrected chi connectivity index (χ3v) is 2.52. The summed E-state index contributed by atoms with van der Waals surface area (Å²) in [6.45, 7) is 6.39. The normalized spacial score (nSPS) is 12.0. The Morgan fingerprint density at radius 2 is 2.25 bits per heavy atom. The Morgan fingerprint density at radius 3 is 2.67 bits per heavy atom. The molecule has 0 spiro atoms. The van der Waals surface area contributed by atoms with Gasteiger partial charge in [0.1, 0.15) is 5.76 Å². The maximum atomic E-state index is 5.61. The van der Waals surface area contributed by atoms with Crippen molar-refractivity contribution in [3.63, 3.8) is 0 Å². The molecule has 1 heterocycles. The molecular weight excluding hydrogens is 174 g/mol. The summed E-state index contributed by atoms with van der Waals surface area (Å²) < 4.78 is 5.18. The van der Waals surface area contributed by atoms with Crippen molar-refractivity contribution in [3.8, 4) is 0 Å². The smallest absolute Gasteiger partial charge is 0.142 e. The molecule has 0 saturated heterocycles. The first-order valence-electron chi connectivity index (χ1n) is 4.12. The summed E-state index contributed by atoms with van der Waals surface area (Å²) in [6.07, 6.45) is 1.03. The summed E-state index contributed by atoms with van der Waals surface area (Å²) >= 11 is 5.61. The van der Waals surface area contributed by atoms with Crippen LogP contribution in [0, 0.1) is 0 Å². The van der Waals surface area contributed by atoms with Crippen LogP contribution >= 0.6 is 11.6 Å². The zero-order valence-corrected chi connectivity index (χ0v) is 8.48. The van der Waals surface area contributed by atoms with Crippen molar-refractivity contribution in [3.05, 3.63) is 17.5 Å². The second kappa shape index (κ2) is 3.48. The number of hydrogen-bond donors (Lipinski definition) is 0. The van der Waals surface area contributed by atoms with Gasteiger partial charge in [-0.25, -0.2) is 0 Å². The Kier molecular flexibility index (Phi) is 2.78. The monoisotopic (exact) mass is 187 g/mol. The van der Waals surface area contributed by atoms with Gasteiger partial charge < -0.3 is 4.52 Å². The molecule has 68 valence electrons. The van der Waals surface area contributed by atoms with Crippen LogP contribution in [0.3, 0.4) is 0 Å². The second-order valence-electron chi connectivity index (χ2n) is 3.55. The lowest BCUT2D eigenvalue weighted by molar-refractivity contribution is 0.309. The van der Waals surface area contributed by atoms with Crippen molar-refractivity contribution in [2.24, 2.45) is 0 Å². The summed E-state index contributed by atoms with van der Waals surface area (Å²) in [7, 11) is 0. The van der Waals surface area contributed by atoms with Crippen LogP contribution in [0.15, 0.2) is 10.6 Å². The third kappa shape index (κ3) is 1.81. The summed E-state index contributed by atoms with van der Waals surface area (Å²) in [5.74, 6) is 1.34. The predicted octanol–water partition coefficient (Wildman–Crippen LogP) is 3.10. The van der Waals surface area contributed by atoms with E-state index in [2.05, 4.69) is 25.9 Å². The lowest BCUT2D eigenvalue weighted by atomic mass is 9.87. The highest BCUT2D eigenvalue weighted by Crippen LogP contribution is 2.27. The average molecular weight is 188 g/mol. The quantitative estimate of drug-likeness (QED) is 0.680. The van der Waals surface area contributed by atoms with Crippen molar-refractivity contribution in [1.82, 2.24) is 5.16 Å². The summed E-state index contributed by atoms with van der Waals surface area (Å²) in [4.78, 5) is 0. The Balaban J connectivity index is 2.88. The minimum Gasteiger partial charge on any atom is -0.361 e. The Bertz CT molecular complexity index is 255. The topological polar surface area (TPSA) is 26.0 Å². The van der Waals surface area contributed by atoms with Crippen molar-refractivity contribution in [2.75, 3.05) is 0 Å². The zero-order chi connectivity index (χ0) is 9.19. The molecule has 0 amide bonds. The molecule has 0 unspecified atom stereocenters. The maximum absolute atomic E-state index is 5.61. The van der Waals surface area contributed by atoms with Crippen molar-refractivity contribution in [1.29, 1.82) is 0 Å². The largest absolute Gasteiger partial charge is 0.361 e. The molecule has 12 heavy (non-hydrogen) atoms. The molecule has 0 aromatic carbocycles. The van der Waals surface area contributed by atoms with Gasteiger partial charge in [-0.1, -0.05) is 25.9 Å². The fraction of sp³-hybridized carbons (Fsp3) is 0.667. The van der Waals surface area contributed by atoms with Crippen LogP contribution in [-0.2, 0) is 11.3 Å². The highest BCUT2D eigenvalue weighted by Gasteiger charge is 2.22. The first-order chi connectivity index (χ1) is 5.60. The number of alkyl halides is 1. The molecule has 3 heteroatoms. The fourth-order valence-corrected chi connectivity index (χ4v) is 0.994. The van der Waals surface area contributed by atoms with Crippen LogP contribution in [-0.4, -0.2) is 5.16 Å². The minimum atomic E-state index is 0.0668. The van der Waals surface area contributed by atoms with Crippen molar-refractivity contribution >= 4 is 11.6 Å². The molecule has 1 aromatic heterocycles. The van der Waals surface area contributed by atoms with Crippen molar-refractivity contribution in [2.45, 2.75) is 38.5 Å². The predicted molar refractivity (Wildman–Crippen MR) is 49.4 cm³/mol. The van der Waals surface area contributed by atoms with Gasteiger partial charge in [0.15, 0.2) is 0 Å². The molecular formula is C9H14ClNO. The molecule has 0 aliphatic carbocycles. The van der Waals surface area contributed by atoms with Gasteiger partial charge in [0.25, 0.3) is 0 Å². The molecule has 2 nitrogen and oxygen atoms in total. The molecule has 0 aliphatic heterocycles. The van der Waals surface area contributed by atoms with Gasteiger partial charge in [-0.05, 0) is 6.42 Å². The maximum Gasteiger partial charge on any atom is 0.142 e. The molecule has 0 radical (unpaired) electrons. The van der Waals surface area contributed by atoms with E-state index in [0.717, 1.165) is 17.9 Å². The Morgan fingerprint density at radius 1 is 1.58 bits per heavy atom. The third-order valence-electron chi connectivity index (χ3n) is 2.25. The first kappa shape index (κ1) is 9.59. The van der Waals surface area contributed by atoms with Crippen molar-refractivity contribution < 1.29 is 4.52 Å². The van der Waals surface area contributed by atoms with E-state index in [0.29, 0.717) is 5.88 Å². The van der Waals surface area contributed by atoms with E-state index in [9.17, 15) is 0 Å². The van der Waals surface area contributed by atoms with Crippen LogP contribution in [0.2, 0.25) is 0 Å².